The number of rotatable bonds is 9. The molecule has 6 aromatic rings. The van der Waals surface area contributed by atoms with Gasteiger partial charge in [0.25, 0.3) is 0 Å². The summed E-state index contributed by atoms with van der Waals surface area (Å²) in [5.41, 5.74) is -6.06. The van der Waals surface area contributed by atoms with E-state index in [1.54, 1.807) is 48.5 Å². The molecule has 0 spiro atoms. The van der Waals surface area contributed by atoms with Crippen LogP contribution in [0.2, 0.25) is 0 Å². The number of alkyl halides is 6. The first-order chi connectivity index (χ1) is 23.5. The number of epoxide rings is 1. The van der Waals surface area contributed by atoms with E-state index in [2.05, 4.69) is 9.97 Å². The van der Waals surface area contributed by atoms with Crippen molar-refractivity contribution in [2.75, 3.05) is 19.8 Å². The van der Waals surface area contributed by atoms with Crippen LogP contribution in [0.5, 0.6) is 11.5 Å². The predicted octanol–water partition coefficient (Wildman–Crippen LogP) is 8.62. The minimum Gasteiger partial charge on any atom is -0.491 e. The molecule has 4 heterocycles. The maximum atomic E-state index is 15.0. The number of fused-ring (bicyclic) bond motifs is 2. The Kier molecular flexibility index (Phi) is 7.33. The fourth-order valence-electron chi connectivity index (χ4n) is 5.73. The maximum Gasteiger partial charge on any atom is 0.411 e. The molecule has 49 heavy (non-hydrogen) atoms. The highest BCUT2D eigenvalue weighted by Crippen LogP contribution is 2.57. The maximum absolute atomic E-state index is 15.0. The molecule has 2 saturated heterocycles. The van der Waals surface area contributed by atoms with Gasteiger partial charge in [-0.25, -0.2) is 9.97 Å². The third kappa shape index (κ3) is 5.64. The fourth-order valence-corrected chi connectivity index (χ4v) is 5.73. The highest BCUT2D eigenvalue weighted by Gasteiger charge is 2.72. The smallest absolute Gasteiger partial charge is 0.411 e. The first-order valence-electron chi connectivity index (χ1n) is 15.2. The van der Waals surface area contributed by atoms with Crippen molar-refractivity contribution in [3.8, 4) is 34.4 Å². The molecular formula is C35H24F6N2O6. The third-order valence-corrected chi connectivity index (χ3v) is 8.46. The van der Waals surface area contributed by atoms with Crippen LogP contribution in [0, 0.1) is 0 Å². The monoisotopic (exact) mass is 682 g/mol. The van der Waals surface area contributed by atoms with Gasteiger partial charge in [-0.15, -0.1) is 0 Å². The lowest BCUT2D eigenvalue weighted by Crippen LogP contribution is -2.54. The average molecular weight is 683 g/mol. The van der Waals surface area contributed by atoms with Crippen molar-refractivity contribution in [2.45, 2.75) is 36.6 Å². The summed E-state index contributed by atoms with van der Waals surface area (Å²) in [5.74, 6) is 1.10. The third-order valence-electron chi connectivity index (χ3n) is 8.46. The van der Waals surface area contributed by atoms with Crippen LogP contribution in [-0.2, 0) is 14.9 Å². The van der Waals surface area contributed by atoms with Crippen molar-refractivity contribution in [3.05, 3.63) is 96.1 Å². The van der Waals surface area contributed by atoms with Gasteiger partial charge in [0.15, 0.2) is 11.2 Å². The van der Waals surface area contributed by atoms with Gasteiger partial charge >= 0.3 is 12.4 Å². The molecule has 8 rings (SSSR count). The summed E-state index contributed by atoms with van der Waals surface area (Å²) >= 11 is 0. The molecule has 0 aliphatic carbocycles. The molecule has 8 nitrogen and oxygen atoms in total. The van der Waals surface area contributed by atoms with E-state index in [4.69, 9.17) is 27.8 Å². The van der Waals surface area contributed by atoms with Gasteiger partial charge < -0.3 is 27.8 Å². The summed E-state index contributed by atoms with van der Waals surface area (Å²) < 4.78 is 123. The Labute approximate surface area is 273 Å². The minimum atomic E-state index is -5.83. The number of hydrogen-bond donors (Lipinski definition) is 0. The highest BCUT2D eigenvalue weighted by molar-refractivity contribution is 5.80. The summed E-state index contributed by atoms with van der Waals surface area (Å²) in [6.45, 7) is 1.62. The molecule has 4 aromatic carbocycles. The molecular weight excluding hydrogens is 658 g/mol. The number of ether oxygens (including phenoxy) is 4. The van der Waals surface area contributed by atoms with Crippen LogP contribution in [0.3, 0.4) is 0 Å². The molecule has 0 bridgehead atoms. The van der Waals surface area contributed by atoms with Gasteiger partial charge in [0.05, 0.1) is 13.2 Å². The number of oxazole rings is 2. The van der Waals surface area contributed by atoms with Crippen molar-refractivity contribution in [2.24, 2.45) is 0 Å². The molecule has 2 aromatic heterocycles. The van der Waals surface area contributed by atoms with Gasteiger partial charge in [-0.1, -0.05) is 12.1 Å². The van der Waals surface area contributed by atoms with E-state index in [-0.39, 0.29) is 46.4 Å². The summed E-state index contributed by atoms with van der Waals surface area (Å²) in [4.78, 5) is 8.48. The van der Waals surface area contributed by atoms with Gasteiger partial charge in [0, 0.05) is 17.5 Å². The Hall–Kier alpha value is -5.08. The van der Waals surface area contributed by atoms with E-state index in [1.807, 2.05) is 0 Å². The summed E-state index contributed by atoms with van der Waals surface area (Å²) in [6.07, 6.45) is -11.2. The van der Waals surface area contributed by atoms with Crippen molar-refractivity contribution >= 4 is 22.2 Å². The fraction of sp³-hybridized carbons (Fsp3) is 0.257. The quantitative estimate of drug-likeness (QED) is 0.111. The van der Waals surface area contributed by atoms with Gasteiger partial charge in [0.1, 0.15) is 35.2 Å². The Balaban J connectivity index is 1.15. The molecule has 2 unspecified atom stereocenters. The second-order valence-corrected chi connectivity index (χ2v) is 11.7. The van der Waals surface area contributed by atoms with E-state index in [0.29, 0.717) is 42.4 Å². The first-order valence-corrected chi connectivity index (χ1v) is 15.2. The van der Waals surface area contributed by atoms with E-state index >= 15 is 26.3 Å². The largest absolute Gasteiger partial charge is 0.491 e. The van der Waals surface area contributed by atoms with Crippen molar-refractivity contribution < 1.29 is 54.1 Å². The average Bonchev–Trinajstić information content (AvgIpc) is 3.62. The van der Waals surface area contributed by atoms with Gasteiger partial charge in [-0.2, -0.15) is 26.3 Å². The summed E-state index contributed by atoms with van der Waals surface area (Å²) in [6, 6.07) is 18.2. The molecule has 0 saturated carbocycles. The molecule has 0 radical (unpaired) electrons. The zero-order valence-corrected chi connectivity index (χ0v) is 25.2. The number of halogens is 6. The second kappa shape index (κ2) is 11.5. The van der Waals surface area contributed by atoms with Gasteiger partial charge in [-0.3, -0.25) is 0 Å². The SMILES string of the molecule is FC(F)(F)C(c1ccc2oc(-c3ccc(OCC4CO4)cc3)nc2c1)(c1ccc2oc(-c3ccc(OC4CCO4)cc3)nc2c1)C(F)(F)F. The topological polar surface area (TPSA) is 92.3 Å². The van der Waals surface area contributed by atoms with Crippen LogP contribution in [0.4, 0.5) is 26.3 Å². The van der Waals surface area contributed by atoms with Crippen LogP contribution in [-0.4, -0.2) is 54.5 Å². The number of benzene rings is 4. The molecule has 0 N–H and O–H groups in total. The molecule has 2 aliphatic heterocycles. The van der Waals surface area contributed by atoms with E-state index in [1.165, 1.54) is 0 Å². The van der Waals surface area contributed by atoms with Crippen molar-refractivity contribution in [1.29, 1.82) is 0 Å². The normalized spacial score (nSPS) is 18.1. The summed E-state index contributed by atoms with van der Waals surface area (Å²) in [5, 5.41) is 0. The standard InChI is InChI=1S/C35H24F6N2O6/c36-34(37,38)33(35(39,40)41,21-5-11-28-26(15-21)42-31(48-28)19-1-7-23(8-2-19)45-17-25-18-46-25)22-6-12-29-27(16-22)43-32(49-29)20-3-9-24(10-4-20)47-30-13-14-44-30/h1-12,15-16,25,30H,13-14,17-18H2. The Morgan fingerprint density at radius 3 is 1.57 bits per heavy atom. The van der Waals surface area contributed by atoms with Crippen LogP contribution in [0.1, 0.15) is 17.5 Å². The van der Waals surface area contributed by atoms with Gasteiger partial charge in [0.2, 0.25) is 23.5 Å². The number of nitrogens with zero attached hydrogens (tertiary/aromatic N) is 2. The molecule has 2 atom stereocenters. The van der Waals surface area contributed by atoms with Crippen molar-refractivity contribution in [3.63, 3.8) is 0 Å². The van der Waals surface area contributed by atoms with Gasteiger partial charge in [-0.05, 0) is 83.9 Å². The molecule has 14 heteroatoms. The Bertz CT molecular complexity index is 2120. The lowest BCUT2D eigenvalue weighted by atomic mass is 9.72. The Morgan fingerprint density at radius 2 is 1.14 bits per heavy atom. The van der Waals surface area contributed by atoms with E-state index in [0.717, 1.165) is 42.8 Å². The number of aromatic nitrogens is 2. The molecule has 252 valence electrons. The lowest BCUT2D eigenvalue weighted by Gasteiger charge is -2.38. The van der Waals surface area contributed by atoms with E-state index < -0.39 is 28.9 Å². The number of hydrogen-bond acceptors (Lipinski definition) is 8. The minimum absolute atomic E-state index is 0.00841. The lowest BCUT2D eigenvalue weighted by molar-refractivity contribution is -0.288. The molecule has 0 amide bonds. The van der Waals surface area contributed by atoms with Crippen LogP contribution in [0.15, 0.2) is 93.8 Å². The summed E-state index contributed by atoms with van der Waals surface area (Å²) in [7, 11) is 0. The van der Waals surface area contributed by atoms with E-state index in [9.17, 15) is 0 Å². The van der Waals surface area contributed by atoms with Crippen molar-refractivity contribution in [1.82, 2.24) is 9.97 Å². The molecule has 2 aliphatic rings. The Morgan fingerprint density at radius 1 is 0.653 bits per heavy atom. The highest BCUT2D eigenvalue weighted by atomic mass is 19.4. The van der Waals surface area contributed by atoms with Crippen LogP contribution < -0.4 is 9.47 Å². The first kappa shape index (κ1) is 31.2. The predicted molar refractivity (Wildman–Crippen MR) is 162 cm³/mol. The zero-order valence-electron chi connectivity index (χ0n) is 25.2. The van der Waals surface area contributed by atoms with Crippen LogP contribution in [0.25, 0.3) is 45.1 Å². The second-order valence-electron chi connectivity index (χ2n) is 11.7. The van der Waals surface area contributed by atoms with Crippen LogP contribution >= 0.6 is 0 Å². The molecule has 2 fully saturated rings. The zero-order chi connectivity index (χ0) is 34.0.